The highest BCUT2D eigenvalue weighted by atomic mass is 32.2. The van der Waals surface area contributed by atoms with Crippen LogP contribution in [0.2, 0.25) is 0 Å². The lowest BCUT2D eigenvalue weighted by molar-refractivity contribution is 0.0480. The lowest BCUT2D eigenvalue weighted by atomic mass is 9.81. The van der Waals surface area contributed by atoms with Crippen LogP contribution in [0, 0.1) is 5.41 Å². The smallest absolute Gasteiger partial charge is 0.0357 e. The molecule has 1 rings (SSSR count). The van der Waals surface area contributed by atoms with Crippen molar-refractivity contribution in [2.45, 2.75) is 45.2 Å². The fourth-order valence-corrected chi connectivity index (χ4v) is 3.09. The Morgan fingerprint density at radius 1 is 1.53 bits per heavy atom. The van der Waals surface area contributed by atoms with E-state index in [-0.39, 0.29) is 5.54 Å². The lowest BCUT2D eigenvalue weighted by Gasteiger charge is -2.46. The molecule has 0 bridgehead atoms. The molecule has 0 amide bonds. The Kier molecular flexibility index (Phi) is 4.13. The van der Waals surface area contributed by atoms with Gasteiger partial charge in [-0.05, 0) is 45.4 Å². The molecule has 0 saturated heterocycles. The van der Waals surface area contributed by atoms with Gasteiger partial charge in [0, 0.05) is 23.9 Å². The first-order valence-electron chi connectivity index (χ1n) is 5.83. The second-order valence-electron chi connectivity index (χ2n) is 5.45. The van der Waals surface area contributed by atoms with E-state index in [4.69, 9.17) is 5.73 Å². The summed E-state index contributed by atoms with van der Waals surface area (Å²) in [5, 5.41) is 0. The molecule has 0 aromatic rings. The standard InChI is InChI=1S/C12H26N2S/c1-10(8-15-5)14(4)12(3,9-13)11(2)6-7-11/h10H,6-9,13H2,1-5H3. The number of likely N-dealkylation sites (N-methyl/N-ethyl adjacent to an activating group) is 1. The fraction of sp³-hybridized carbons (Fsp3) is 1.00. The van der Waals surface area contributed by atoms with Gasteiger partial charge in [-0.1, -0.05) is 6.92 Å². The van der Waals surface area contributed by atoms with Gasteiger partial charge in [0.25, 0.3) is 0 Å². The number of hydrogen-bond donors (Lipinski definition) is 1. The zero-order chi connectivity index (χ0) is 11.7. The number of hydrogen-bond acceptors (Lipinski definition) is 3. The molecule has 1 aliphatic carbocycles. The Morgan fingerprint density at radius 3 is 2.40 bits per heavy atom. The van der Waals surface area contributed by atoms with E-state index < -0.39 is 0 Å². The van der Waals surface area contributed by atoms with Gasteiger partial charge in [-0.2, -0.15) is 11.8 Å². The summed E-state index contributed by atoms with van der Waals surface area (Å²) in [6, 6.07) is 0.603. The van der Waals surface area contributed by atoms with E-state index in [0.717, 1.165) is 6.54 Å². The van der Waals surface area contributed by atoms with Crippen LogP contribution in [0.5, 0.6) is 0 Å². The normalized spacial score (nSPS) is 25.0. The van der Waals surface area contributed by atoms with Crippen molar-refractivity contribution in [1.82, 2.24) is 4.90 Å². The summed E-state index contributed by atoms with van der Waals surface area (Å²) < 4.78 is 0. The van der Waals surface area contributed by atoms with Gasteiger partial charge < -0.3 is 5.73 Å². The van der Waals surface area contributed by atoms with E-state index in [2.05, 4.69) is 39.0 Å². The van der Waals surface area contributed by atoms with Crippen LogP contribution >= 0.6 is 11.8 Å². The lowest BCUT2D eigenvalue weighted by Crippen LogP contribution is -2.58. The fourth-order valence-electron chi connectivity index (χ4n) is 2.38. The molecule has 90 valence electrons. The van der Waals surface area contributed by atoms with Crippen LogP contribution in [0.1, 0.15) is 33.6 Å². The second-order valence-corrected chi connectivity index (χ2v) is 6.36. The van der Waals surface area contributed by atoms with Gasteiger partial charge in [-0.15, -0.1) is 0 Å². The minimum Gasteiger partial charge on any atom is -0.329 e. The third kappa shape index (κ3) is 2.34. The number of nitrogens with zero attached hydrogens (tertiary/aromatic N) is 1. The predicted molar refractivity (Wildman–Crippen MR) is 70.4 cm³/mol. The Hall–Kier alpha value is 0.270. The summed E-state index contributed by atoms with van der Waals surface area (Å²) in [4.78, 5) is 2.50. The van der Waals surface area contributed by atoms with E-state index in [1.165, 1.54) is 18.6 Å². The second kappa shape index (κ2) is 4.64. The van der Waals surface area contributed by atoms with Crippen LogP contribution in [0.4, 0.5) is 0 Å². The van der Waals surface area contributed by atoms with E-state index >= 15 is 0 Å². The third-order valence-electron chi connectivity index (χ3n) is 4.55. The number of nitrogens with two attached hydrogens (primary N) is 1. The maximum absolute atomic E-state index is 6.02. The number of rotatable bonds is 6. The van der Waals surface area contributed by atoms with Gasteiger partial charge in [0.15, 0.2) is 0 Å². The van der Waals surface area contributed by atoms with Crippen molar-refractivity contribution >= 4 is 11.8 Å². The first-order valence-corrected chi connectivity index (χ1v) is 7.22. The third-order valence-corrected chi connectivity index (χ3v) is 5.36. The summed E-state index contributed by atoms with van der Waals surface area (Å²) in [5.41, 5.74) is 6.64. The molecule has 0 heterocycles. The highest BCUT2D eigenvalue weighted by Crippen LogP contribution is 2.55. The maximum atomic E-state index is 6.02. The summed E-state index contributed by atoms with van der Waals surface area (Å²) in [6.45, 7) is 7.77. The van der Waals surface area contributed by atoms with Crippen molar-refractivity contribution in [3.8, 4) is 0 Å². The van der Waals surface area contributed by atoms with Crippen LogP contribution in [0.25, 0.3) is 0 Å². The largest absolute Gasteiger partial charge is 0.329 e. The van der Waals surface area contributed by atoms with Gasteiger partial charge in [0.05, 0.1) is 0 Å². The Bertz CT molecular complexity index is 216. The molecule has 2 unspecified atom stereocenters. The van der Waals surface area contributed by atoms with E-state index in [9.17, 15) is 0 Å². The summed E-state index contributed by atoms with van der Waals surface area (Å²) in [7, 11) is 2.23. The van der Waals surface area contributed by atoms with Gasteiger partial charge >= 0.3 is 0 Å². The van der Waals surface area contributed by atoms with Crippen LogP contribution in [-0.2, 0) is 0 Å². The van der Waals surface area contributed by atoms with Gasteiger partial charge in [-0.25, -0.2) is 0 Å². The molecular formula is C12H26N2S. The molecule has 0 aromatic heterocycles. The average molecular weight is 230 g/mol. The molecular weight excluding hydrogens is 204 g/mol. The molecule has 0 aromatic carbocycles. The minimum absolute atomic E-state index is 0.169. The molecule has 2 N–H and O–H groups in total. The van der Waals surface area contributed by atoms with Crippen LogP contribution < -0.4 is 5.73 Å². The van der Waals surface area contributed by atoms with Crippen LogP contribution in [0.3, 0.4) is 0 Å². The molecule has 1 saturated carbocycles. The Morgan fingerprint density at radius 2 is 2.07 bits per heavy atom. The molecule has 2 atom stereocenters. The monoisotopic (exact) mass is 230 g/mol. The molecule has 2 nitrogen and oxygen atoms in total. The predicted octanol–water partition coefficient (Wildman–Crippen LogP) is 2.19. The highest BCUT2D eigenvalue weighted by Gasteiger charge is 2.54. The molecule has 3 heteroatoms. The van der Waals surface area contributed by atoms with E-state index in [0.29, 0.717) is 11.5 Å². The van der Waals surface area contributed by atoms with Crippen molar-refractivity contribution in [2.75, 3.05) is 25.6 Å². The van der Waals surface area contributed by atoms with Gasteiger partial charge in [-0.3, -0.25) is 4.90 Å². The Balaban J connectivity index is 2.73. The minimum atomic E-state index is 0.169. The number of thioether (sulfide) groups is 1. The van der Waals surface area contributed by atoms with Crippen LogP contribution in [-0.4, -0.2) is 42.1 Å². The van der Waals surface area contributed by atoms with E-state index in [1.54, 1.807) is 0 Å². The average Bonchev–Trinajstić information content (AvgIpc) is 2.96. The molecule has 1 fully saturated rings. The topological polar surface area (TPSA) is 29.3 Å². The highest BCUT2D eigenvalue weighted by molar-refractivity contribution is 7.98. The summed E-state index contributed by atoms with van der Waals surface area (Å²) in [5.74, 6) is 1.18. The zero-order valence-corrected chi connectivity index (χ0v) is 11.7. The van der Waals surface area contributed by atoms with Gasteiger partial charge in [0.2, 0.25) is 0 Å². The van der Waals surface area contributed by atoms with Gasteiger partial charge in [0.1, 0.15) is 0 Å². The van der Waals surface area contributed by atoms with Crippen molar-refractivity contribution in [3.63, 3.8) is 0 Å². The molecule has 0 spiro atoms. The molecule has 15 heavy (non-hydrogen) atoms. The first-order chi connectivity index (χ1) is 6.91. The summed E-state index contributed by atoms with van der Waals surface area (Å²) in [6.07, 6.45) is 4.83. The van der Waals surface area contributed by atoms with Crippen LogP contribution in [0.15, 0.2) is 0 Å². The molecule has 0 aliphatic heterocycles. The molecule has 0 radical (unpaired) electrons. The van der Waals surface area contributed by atoms with Crippen molar-refractivity contribution in [1.29, 1.82) is 0 Å². The SMILES string of the molecule is CSCC(C)N(C)C(C)(CN)C1(C)CC1. The maximum Gasteiger partial charge on any atom is 0.0357 e. The molecule has 1 aliphatic rings. The Labute approximate surface area is 99.0 Å². The van der Waals surface area contributed by atoms with Crippen molar-refractivity contribution in [3.05, 3.63) is 0 Å². The zero-order valence-electron chi connectivity index (χ0n) is 10.8. The summed E-state index contributed by atoms with van der Waals surface area (Å²) >= 11 is 1.91. The van der Waals surface area contributed by atoms with Crippen molar-refractivity contribution in [2.24, 2.45) is 11.1 Å². The first kappa shape index (κ1) is 13.3. The van der Waals surface area contributed by atoms with E-state index in [1.807, 2.05) is 11.8 Å². The van der Waals surface area contributed by atoms with Crippen molar-refractivity contribution < 1.29 is 0 Å². The quantitative estimate of drug-likeness (QED) is 0.758.